The first-order chi connectivity index (χ1) is 19.2. The Morgan fingerprint density at radius 1 is 0.718 bits per heavy atom. The normalized spacial score (nSPS) is 14.4. The van der Waals surface area contributed by atoms with Crippen molar-refractivity contribution in [2.45, 2.75) is 0 Å². The highest BCUT2D eigenvalue weighted by molar-refractivity contribution is 6.11. The molecule has 5 aromatic rings. The highest BCUT2D eigenvalue weighted by Crippen LogP contribution is 2.33. The minimum Gasteiger partial charge on any atom is -0.507 e. The number of carbonyl (C=O) groups excluding carboxylic acids is 1. The Balaban J connectivity index is 1.45. The summed E-state index contributed by atoms with van der Waals surface area (Å²) in [7, 11) is 0. The zero-order valence-electron chi connectivity index (χ0n) is 20.9. The summed E-state index contributed by atoms with van der Waals surface area (Å²) in [6.45, 7) is 0. The number of aromatic hydroxyl groups is 1. The van der Waals surface area contributed by atoms with Crippen LogP contribution in [-0.2, 0) is 4.79 Å². The van der Waals surface area contributed by atoms with E-state index in [1.54, 1.807) is 18.2 Å². The zero-order chi connectivity index (χ0) is 26.6. The van der Waals surface area contributed by atoms with E-state index in [0.717, 1.165) is 28.1 Å². The van der Waals surface area contributed by atoms with Crippen molar-refractivity contribution in [3.05, 3.63) is 150 Å². The van der Waals surface area contributed by atoms with Gasteiger partial charge in [0.2, 0.25) is 0 Å². The van der Waals surface area contributed by atoms with Crippen LogP contribution in [0.5, 0.6) is 5.75 Å². The van der Waals surface area contributed by atoms with Crippen molar-refractivity contribution in [2.24, 2.45) is 5.10 Å². The minimum absolute atomic E-state index is 0.0923. The molecule has 1 N–H and O–H groups in total. The molecule has 6 rings (SSSR count). The van der Waals surface area contributed by atoms with Crippen molar-refractivity contribution in [3.63, 3.8) is 0 Å². The largest absolute Gasteiger partial charge is 0.507 e. The summed E-state index contributed by atoms with van der Waals surface area (Å²) in [6.07, 6.45) is 7.13. The predicted octanol–water partition coefficient (Wildman–Crippen LogP) is 6.55. The van der Waals surface area contributed by atoms with E-state index in [9.17, 15) is 9.90 Å². The summed E-state index contributed by atoms with van der Waals surface area (Å²) in [4.78, 5) is 13.7. The molecule has 0 atom stereocenters. The van der Waals surface area contributed by atoms with Crippen LogP contribution in [0.3, 0.4) is 0 Å². The quantitative estimate of drug-likeness (QED) is 0.209. The molecule has 0 unspecified atom stereocenters. The molecular formula is C33H24N4O2. The molecule has 0 saturated carbocycles. The first-order valence-corrected chi connectivity index (χ1v) is 12.5. The van der Waals surface area contributed by atoms with Crippen molar-refractivity contribution in [1.82, 2.24) is 14.8 Å². The first kappa shape index (κ1) is 23.9. The van der Waals surface area contributed by atoms with Gasteiger partial charge >= 0.3 is 0 Å². The van der Waals surface area contributed by atoms with Gasteiger partial charge in [-0.05, 0) is 36.4 Å². The molecule has 1 amide bonds. The third-order valence-corrected chi connectivity index (χ3v) is 6.40. The summed E-state index contributed by atoms with van der Waals surface area (Å²) in [6, 6.07) is 36.3. The number of hydrazone groups is 1. The molecule has 6 heteroatoms. The lowest BCUT2D eigenvalue weighted by molar-refractivity contribution is -0.123. The third kappa shape index (κ3) is 4.91. The van der Waals surface area contributed by atoms with E-state index in [1.165, 1.54) is 11.2 Å². The minimum atomic E-state index is -0.271. The number of carbonyl (C=O) groups is 1. The van der Waals surface area contributed by atoms with E-state index >= 15 is 0 Å². The van der Waals surface area contributed by atoms with Gasteiger partial charge in [-0.1, -0.05) is 91.0 Å². The molecule has 1 aromatic heterocycles. The van der Waals surface area contributed by atoms with Crippen LogP contribution < -0.4 is 0 Å². The summed E-state index contributed by atoms with van der Waals surface area (Å²) >= 11 is 0. The second-order valence-electron chi connectivity index (χ2n) is 8.99. The van der Waals surface area contributed by atoms with E-state index in [0.29, 0.717) is 16.8 Å². The fourth-order valence-corrected chi connectivity index (χ4v) is 4.44. The van der Waals surface area contributed by atoms with Crippen LogP contribution in [0.15, 0.2) is 138 Å². The van der Waals surface area contributed by atoms with E-state index in [1.807, 2.05) is 120 Å². The third-order valence-electron chi connectivity index (χ3n) is 6.40. The molecule has 0 aliphatic carbocycles. The first-order valence-electron chi connectivity index (χ1n) is 12.5. The van der Waals surface area contributed by atoms with E-state index in [-0.39, 0.29) is 11.7 Å². The van der Waals surface area contributed by atoms with E-state index in [4.69, 9.17) is 5.10 Å². The van der Waals surface area contributed by atoms with Gasteiger partial charge in [-0.25, -0.2) is 4.68 Å². The molecule has 2 heterocycles. The molecule has 0 fully saturated rings. The summed E-state index contributed by atoms with van der Waals surface area (Å²) in [5.41, 5.74) is 5.95. The summed E-state index contributed by atoms with van der Waals surface area (Å²) in [5.74, 6) is -0.179. The number of phenolic OH excluding ortho intramolecular Hbond substituents is 1. The zero-order valence-corrected chi connectivity index (χ0v) is 20.9. The van der Waals surface area contributed by atoms with Crippen molar-refractivity contribution in [1.29, 1.82) is 0 Å². The number of para-hydroxylation sites is 2. The Bertz CT molecular complexity index is 1720. The smallest absolute Gasteiger partial charge is 0.278 e. The molecule has 0 saturated heterocycles. The molecule has 0 radical (unpaired) electrons. The Morgan fingerprint density at radius 3 is 2.03 bits per heavy atom. The average Bonchev–Trinajstić information content (AvgIpc) is 3.55. The SMILES string of the molecule is O=C1C(=Cc2cn(-c3ccccc3)nc2-c2ccccc2)C=C(c2ccccc2)N1N=Cc1ccccc1O. The number of hydrogen-bond donors (Lipinski definition) is 1. The molecule has 1 aliphatic heterocycles. The Hall–Kier alpha value is -5.49. The van der Waals surface area contributed by atoms with Gasteiger partial charge in [0.25, 0.3) is 5.91 Å². The maximum atomic E-state index is 13.7. The second kappa shape index (κ2) is 10.5. The average molecular weight is 509 g/mol. The van der Waals surface area contributed by atoms with Gasteiger partial charge in [0.15, 0.2) is 0 Å². The van der Waals surface area contributed by atoms with Crippen LogP contribution in [-0.4, -0.2) is 32.0 Å². The van der Waals surface area contributed by atoms with Crippen LogP contribution in [0, 0.1) is 0 Å². The number of aromatic nitrogens is 2. The maximum Gasteiger partial charge on any atom is 0.278 e. The lowest BCUT2D eigenvalue weighted by atomic mass is 10.1. The number of rotatable bonds is 6. The van der Waals surface area contributed by atoms with Crippen LogP contribution in [0.25, 0.3) is 28.7 Å². The van der Waals surface area contributed by atoms with Gasteiger partial charge in [-0.15, -0.1) is 0 Å². The van der Waals surface area contributed by atoms with Gasteiger partial charge in [0.05, 0.1) is 23.3 Å². The van der Waals surface area contributed by atoms with Gasteiger partial charge in [0.1, 0.15) is 5.75 Å². The van der Waals surface area contributed by atoms with E-state index < -0.39 is 0 Å². The lowest BCUT2D eigenvalue weighted by Gasteiger charge is -2.14. The number of amides is 1. The van der Waals surface area contributed by atoms with Gasteiger partial charge in [-0.3, -0.25) is 4.79 Å². The number of hydrogen-bond acceptors (Lipinski definition) is 4. The van der Waals surface area contributed by atoms with Crippen LogP contribution in [0.2, 0.25) is 0 Å². The Kier molecular flexibility index (Phi) is 6.41. The maximum absolute atomic E-state index is 13.7. The highest BCUT2D eigenvalue weighted by atomic mass is 16.3. The van der Waals surface area contributed by atoms with Crippen molar-refractivity contribution < 1.29 is 9.90 Å². The van der Waals surface area contributed by atoms with Gasteiger partial charge < -0.3 is 5.11 Å². The Labute approximate surface area is 226 Å². The van der Waals surface area contributed by atoms with Crippen molar-refractivity contribution in [2.75, 3.05) is 0 Å². The fraction of sp³-hybridized carbons (Fsp3) is 0. The molecule has 1 aliphatic rings. The lowest BCUT2D eigenvalue weighted by Crippen LogP contribution is -2.20. The predicted molar refractivity (Wildman–Crippen MR) is 154 cm³/mol. The fourth-order valence-electron chi connectivity index (χ4n) is 4.44. The highest BCUT2D eigenvalue weighted by Gasteiger charge is 2.29. The molecule has 0 spiro atoms. The van der Waals surface area contributed by atoms with Gasteiger partial charge in [0, 0.05) is 34.0 Å². The molecule has 188 valence electrons. The molecule has 0 bridgehead atoms. The monoisotopic (exact) mass is 508 g/mol. The second-order valence-corrected chi connectivity index (χ2v) is 8.99. The number of nitrogens with zero attached hydrogens (tertiary/aromatic N) is 4. The summed E-state index contributed by atoms with van der Waals surface area (Å²) < 4.78 is 1.82. The molecule has 6 nitrogen and oxygen atoms in total. The summed E-state index contributed by atoms with van der Waals surface area (Å²) in [5, 5.41) is 20.9. The van der Waals surface area contributed by atoms with Crippen molar-refractivity contribution >= 4 is 23.9 Å². The molecule has 4 aromatic carbocycles. The van der Waals surface area contributed by atoms with Crippen LogP contribution in [0.1, 0.15) is 16.7 Å². The van der Waals surface area contributed by atoms with E-state index in [2.05, 4.69) is 5.10 Å². The topological polar surface area (TPSA) is 70.7 Å². The number of phenols is 1. The standard InChI is InChI=1S/C33H24N4O2/c38-31-19-11-10-16-26(31)22-34-37-30(24-12-4-1-5-13-24)21-27(33(37)39)20-28-23-36(29-17-8-3-9-18-29)35-32(28)25-14-6-2-7-15-25/h1-23,38H. The Morgan fingerprint density at radius 2 is 1.33 bits per heavy atom. The van der Waals surface area contributed by atoms with Crippen LogP contribution >= 0.6 is 0 Å². The number of benzene rings is 4. The van der Waals surface area contributed by atoms with Gasteiger partial charge in [-0.2, -0.15) is 15.2 Å². The van der Waals surface area contributed by atoms with Crippen molar-refractivity contribution in [3.8, 4) is 22.7 Å². The molecular weight excluding hydrogens is 484 g/mol. The van der Waals surface area contributed by atoms with Crippen LogP contribution in [0.4, 0.5) is 0 Å². The molecule has 39 heavy (non-hydrogen) atoms.